The van der Waals surface area contributed by atoms with E-state index in [1.54, 1.807) is 12.1 Å². The lowest BCUT2D eigenvalue weighted by Gasteiger charge is -2.22. The third-order valence-electron chi connectivity index (χ3n) is 3.71. The monoisotopic (exact) mass is 361 g/mol. The summed E-state index contributed by atoms with van der Waals surface area (Å²) < 4.78 is 5.63. The fraction of sp³-hybridized carbons (Fsp3) is 0.562. The molecule has 1 heterocycles. The fourth-order valence-electron chi connectivity index (χ4n) is 2.36. The minimum atomic E-state index is 0. The van der Waals surface area contributed by atoms with Crippen molar-refractivity contribution in [2.75, 3.05) is 45.7 Å². The Labute approximate surface area is 149 Å². The van der Waals surface area contributed by atoms with Gasteiger partial charge in [0.1, 0.15) is 12.4 Å². The van der Waals surface area contributed by atoms with Gasteiger partial charge in [-0.25, -0.2) is 0 Å². The van der Waals surface area contributed by atoms with Crippen molar-refractivity contribution in [2.45, 2.75) is 12.8 Å². The second-order valence-electron chi connectivity index (χ2n) is 5.81. The molecule has 0 atom stereocenters. The van der Waals surface area contributed by atoms with E-state index >= 15 is 0 Å². The molecule has 7 heteroatoms. The number of halogens is 2. The van der Waals surface area contributed by atoms with Crippen LogP contribution in [0.1, 0.15) is 12.8 Å². The molecule has 2 N–H and O–H groups in total. The van der Waals surface area contributed by atoms with Gasteiger partial charge in [0.2, 0.25) is 5.91 Å². The molecule has 0 aromatic heterocycles. The first-order valence-corrected chi connectivity index (χ1v) is 8.02. The van der Waals surface area contributed by atoms with Crippen molar-refractivity contribution in [1.29, 1.82) is 0 Å². The van der Waals surface area contributed by atoms with E-state index < -0.39 is 0 Å². The van der Waals surface area contributed by atoms with Gasteiger partial charge in [0, 0.05) is 18.2 Å². The number of likely N-dealkylation sites (N-methyl/N-ethyl adjacent to an activating group) is 1. The maximum atomic E-state index is 12.2. The van der Waals surface area contributed by atoms with Crippen LogP contribution < -0.4 is 15.4 Å². The van der Waals surface area contributed by atoms with Crippen molar-refractivity contribution >= 4 is 35.6 Å². The van der Waals surface area contributed by atoms with Gasteiger partial charge in [-0.1, -0.05) is 11.6 Å². The summed E-state index contributed by atoms with van der Waals surface area (Å²) in [5, 5.41) is 6.71. The number of nitrogens with one attached hydrogen (secondary N) is 2. The topological polar surface area (TPSA) is 53.6 Å². The van der Waals surface area contributed by atoms with E-state index in [2.05, 4.69) is 10.6 Å². The molecule has 0 radical (unpaired) electrons. The number of carbonyl (C=O) groups excluding carboxylic acids is 1. The largest absolute Gasteiger partial charge is 0.491 e. The highest BCUT2D eigenvalue weighted by molar-refractivity contribution is 6.32. The number of carbonyl (C=O) groups is 1. The highest BCUT2D eigenvalue weighted by Gasteiger charge is 2.21. The Morgan fingerprint density at radius 1 is 1.39 bits per heavy atom. The maximum absolute atomic E-state index is 12.2. The first-order valence-electron chi connectivity index (χ1n) is 7.65. The van der Waals surface area contributed by atoms with Gasteiger partial charge in [-0.05, 0) is 58.2 Å². The molecular weight excluding hydrogens is 337 g/mol. The summed E-state index contributed by atoms with van der Waals surface area (Å²) >= 11 is 6.21. The van der Waals surface area contributed by atoms with Crippen LogP contribution in [0, 0.1) is 5.92 Å². The van der Waals surface area contributed by atoms with E-state index in [1.165, 1.54) is 0 Å². The molecule has 0 bridgehead atoms. The highest BCUT2D eigenvalue weighted by atomic mass is 35.5. The lowest BCUT2D eigenvalue weighted by Crippen LogP contribution is -2.34. The van der Waals surface area contributed by atoms with Crippen molar-refractivity contribution in [3.05, 3.63) is 23.2 Å². The Balaban J connectivity index is 0.00000264. The van der Waals surface area contributed by atoms with Crippen LogP contribution >= 0.6 is 24.0 Å². The number of piperidine rings is 1. The number of anilines is 1. The number of nitrogens with zero attached hydrogens (tertiary/aromatic N) is 1. The third-order valence-corrected chi connectivity index (χ3v) is 4.00. The van der Waals surface area contributed by atoms with Crippen molar-refractivity contribution in [3.63, 3.8) is 0 Å². The first kappa shape index (κ1) is 20.0. The molecule has 1 saturated heterocycles. The molecule has 130 valence electrons. The molecule has 1 aliphatic rings. The Kier molecular flexibility index (Phi) is 8.69. The lowest BCUT2D eigenvalue weighted by molar-refractivity contribution is -0.120. The van der Waals surface area contributed by atoms with Gasteiger partial charge < -0.3 is 20.3 Å². The van der Waals surface area contributed by atoms with Gasteiger partial charge in [0.25, 0.3) is 0 Å². The zero-order valence-electron chi connectivity index (χ0n) is 13.6. The molecule has 1 fully saturated rings. The smallest absolute Gasteiger partial charge is 0.227 e. The molecule has 1 aliphatic heterocycles. The van der Waals surface area contributed by atoms with Gasteiger partial charge in [0.15, 0.2) is 0 Å². The fourth-order valence-corrected chi connectivity index (χ4v) is 2.60. The van der Waals surface area contributed by atoms with Gasteiger partial charge in [-0.3, -0.25) is 4.79 Å². The number of hydrogen-bond donors (Lipinski definition) is 2. The van der Waals surface area contributed by atoms with E-state index in [0.29, 0.717) is 23.1 Å². The summed E-state index contributed by atoms with van der Waals surface area (Å²) in [5.74, 6) is 0.790. The molecule has 0 unspecified atom stereocenters. The zero-order chi connectivity index (χ0) is 15.9. The van der Waals surface area contributed by atoms with Crippen LogP contribution in [0.25, 0.3) is 0 Å². The van der Waals surface area contributed by atoms with E-state index in [0.717, 1.165) is 32.5 Å². The van der Waals surface area contributed by atoms with Crippen molar-refractivity contribution in [2.24, 2.45) is 5.92 Å². The van der Waals surface area contributed by atoms with Crippen LogP contribution in [-0.4, -0.2) is 51.1 Å². The second kappa shape index (κ2) is 9.98. The Bertz CT molecular complexity index is 506. The number of benzene rings is 1. The van der Waals surface area contributed by atoms with Crippen LogP contribution in [0.2, 0.25) is 5.02 Å². The molecule has 0 aliphatic carbocycles. The first-order chi connectivity index (χ1) is 10.6. The minimum Gasteiger partial charge on any atom is -0.491 e. The van der Waals surface area contributed by atoms with Gasteiger partial charge >= 0.3 is 0 Å². The molecule has 5 nitrogen and oxygen atoms in total. The minimum absolute atomic E-state index is 0. The number of ether oxygens (including phenoxy) is 1. The van der Waals surface area contributed by atoms with Gasteiger partial charge in [0.05, 0.1) is 5.02 Å². The number of rotatable bonds is 6. The van der Waals surface area contributed by atoms with E-state index in [4.69, 9.17) is 16.3 Å². The van der Waals surface area contributed by atoms with Crippen LogP contribution in [0.5, 0.6) is 5.75 Å². The van der Waals surface area contributed by atoms with Crippen LogP contribution in [0.4, 0.5) is 5.69 Å². The SMILES string of the molecule is CN(C)CCOc1ccc(NC(=O)C2CCNCC2)cc1Cl.Cl. The number of amides is 1. The molecule has 1 amide bonds. The molecule has 1 aromatic carbocycles. The summed E-state index contributed by atoms with van der Waals surface area (Å²) in [5.41, 5.74) is 0.716. The predicted octanol–water partition coefficient (Wildman–Crippen LogP) is 2.64. The summed E-state index contributed by atoms with van der Waals surface area (Å²) in [6.07, 6.45) is 1.76. The normalized spacial score (nSPS) is 15.1. The van der Waals surface area contributed by atoms with Crippen LogP contribution in [0.3, 0.4) is 0 Å². The molecule has 0 saturated carbocycles. The third kappa shape index (κ3) is 6.55. The van der Waals surface area contributed by atoms with Crippen molar-refractivity contribution in [1.82, 2.24) is 10.2 Å². The summed E-state index contributed by atoms with van der Waals surface area (Å²) in [4.78, 5) is 14.2. The molecular formula is C16H25Cl2N3O2. The highest BCUT2D eigenvalue weighted by Crippen LogP contribution is 2.28. The molecule has 1 aromatic rings. The summed E-state index contributed by atoms with van der Waals surface area (Å²) in [6, 6.07) is 5.37. The van der Waals surface area contributed by atoms with E-state index in [-0.39, 0.29) is 24.2 Å². The Hall–Kier alpha value is -1.01. The Morgan fingerprint density at radius 2 is 2.09 bits per heavy atom. The average Bonchev–Trinajstić information content (AvgIpc) is 2.50. The molecule has 23 heavy (non-hydrogen) atoms. The standard InChI is InChI=1S/C16H24ClN3O2.ClH/c1-20(2)9-10-22-15-4-3-13(11-14(15)17)19-16(21)12-5-7-18-8-6-12;/h3-4,11-12,18H,5-10H2,1-2H3,(H,19,21);1H. The van der Waals surface area contributed by atoms with Gasteiger partial charge in [-0.2, -0.15) is 0 Å². The second-order valence-corrected chi connectivity index (χ2v) is 6.22. The summed E-state index contributed by atoms with van der Waals surface area (Å²) in [6.45, 7) is 3.20. The predicted molar refractivity (Wildman–Crippen MR) is 97.0 cm³/mol. The lowest BCUT2D eigenvalue weighted by atomic mass is 9.97. The summed E-state index contributed by atoms with van der Waals surface area (Å²) in [7, 11) is 3.98. The Morgan fingerprint density at radius 3 is 2.70 bits per heavy atom. The quantitative estimate of drug-likeness (QED) is 0.817. The zero-order valence-corrected chi connectivity index (χ0v) is 15.2. The van der Waals surface area contributed by atoms with Crippen molar-refractivity contribution in [3.8, 4) is 5.75 Å². The van der Waals surface area contributed by atoms with E-state index in [9.17, 15) is 4.79 Å². The van der Waals surface area contributed by atoms with Gasteiger partial charge in [-0.15, -0.1) is 12.4 Å². The molecule has 2 rings (SSSR count). The maximum Gasteiger partial charge on any atom is 0.227 e. The van der Waals surface area contributed by atoms with E-state index in [1.807, 2.05) is 25.1 Å². The number of hydrogen-bond acceptors (Lipinski definition) is 4. The van der Waals surface area contributed by atoms with Crippen LogP contribution in [-0.2, 0) is 4.79 Å². The molecule has 0 spiro atoms. The van der Waals surface area contributed by atoms with Crippen molar-refractivity contribution < 1.29 is 9.53 Å². The van der Waals surface area contributed by atoms with Crippen LogP contribution in [0.15, 0.2) is 18.2 Å². The average molecular weight is 362 g/mol.